The Balaban J connectivity index is 1.44. The first-order chi connectivity index (χ1) is 35.4. The van der Waals surface area contributed by atoms with Gasteiger partial charge >= 0.3 is 12.1 Å². The fourth-order valence-electron chi connectivity index (χ4n) is 11.7. The third-order valence-corrected chi connectivity index (χ3v) is 16.1. The number of ether oxygens (including phenoxy) is 9. The molecule has 0 spiro atoms. The molecule has 5 rings (SSSR count). The maximum Gasteiger partial charge on any atom is 0.407 e. The maximum absolute atomic E-state index is 14.8. The maximum atomic E-state index is 14.8. The van der Waals surface area contributed by atoms with E-state index < -0.39 is 84.3 Å². The van der Waals surface area contributed by atoms with E-state index in [9.17, 15) is 19.8 Å². The predicted molar refractivity (Wildman–Crippen MR) is 287 cm³/mol. The Hall–Kier alpha value is -3.50. The van der Waals surface area contributed by atoms with Crippen LogP contribution in [0.2, 0.25) is 0 Å². The number of aliphatic hydroxyl groups is 2. The molecule has 0 bridgehead atoms. The molecular formula is C57H95N5O13. The predicted octanol–water partition coefficient (Wildman–Crippen LogP) is 6.00. The summed E-state index contributed by atoms with van der Waals surface area (Å²) >= 11 is 0. The number of hydrogen-bond donors (Lipinski definition) is 4. The molecule has 3 heterocycles. The lowest BCUT2D eigenvalue weighted by Gasteiger charge is -2.49. The molecule has 3 saturated heterocycles. The van der Waals surface area contributed by atoms with Crippen molar-refractivity contribution in [3.63, 3.8) is 0 Å². The van der Waals surface area contributed by atoms with Gasteiger partial charge < -0.3 is 73.7 Å². The van der Waals surface area contributed by atoms with Crippen LogP contribution >= 0.6 is 0 Å². The summed E-state index contributed by atoms with van der Waals surface area (Å²) in [5, 5.41) is 27.7. The van der Waals surface area contributed by atoms with Gasteiger partial charge in [-0.2, -0.15) is 0 Å². The van der Waals surface area contributed by atoms with Crippen molar-refractivity contribution in [3.8, 4) is 5.75 Å². The van der Waals surface area contributed by atoms with Crippen molar-refractivity contribution in [1.82, 2.24) is 20.0 Å². The summed E-state index contributed by atoms with van der Waals surface area (Å²) in [5.41, 5.74) is 6.36. The van der Waals surface area contributed by atoms with E-state index in [0.717, 1.165) is 23.4 Å². The number of carbonyl (C=O) groups excluding carboxylic acids is 2. The van der Waals surface area contributed by atoms with Crippen molar-refractivity contribution in [2.24, 2.45) is 29.4 Å². The summed E-state index contributed by atoms with van der Waals surface area (Å²) in [4.78, 5) is 34.7. The number of hydrogen-bond acceptors (Lipinski definition) is 17. The van der Waals surface area contributed by atoms with Crippen molar-refractivity contribution >= 4 is 12.1 Å². The highest BCUT2D eigenvalue weighted by Gasteiger charge is 2.53. The molecule has 75 heavy (non-hydrogen) atoms. The van der Waals surface area contributed by atoms with Crippen LogP contribution in [0.3, 0.4) is 0 Å². The molecule has 5 N–H and O–H groups in total. The van der Waals surface area contributed by atoms with Crippen LogP contribution in [0, 0.1) is 23.7 Å². The Bertz CT molecular complexity index is 2040. The number of methoxy groups -OCH3 is 2. The minimum atomic E-state index is -1.60. The van der Waals surface area contributed by atoms with Gasteiger partial charge in [-0.3, -0.25) is 9.69 Å². The van der Waals surface area contributed by atoms with Gasteiger partial charge in [0.1, 0.15) is 23.6 Å². The zero-order chi connectivity index (χ0) is 55.4. The Morgan fingerprint density at radius 2 is 1.63 bits per heavy atom. The van der Waals surface area contributed by atoms with E-state index in [0.29, 0.717) is 39.2 Å². The normalized spacial score (nSPS) is 36.3. The van der Waals surface area contributed by atoms with E-state index >= 15 is 0 Å². The first-order valence-electron chi connectivity index (χ1n) is 27.2. The molecule has 3 fully saturated rings. The molecule has 2 aromatic rings. The van der Waals surface area contributed by atoms with Gasteiger partial charge in [-0.1, -0.05) is 76.2 Å². The van der Waals surface area contributed by atoms with Gasteiger partial charge in [-0.15, -0.1) is 0 Å². The summed E-state index contributed by atoms with van der Waals surface area (Å²) in [5.74, 6) is -1.73. The molecule has 0 unspecified atom stereocenters. The standard InChI is InChI=1S/C57H95N5O13/c1-16-62(40(7)44-24-20-21-25-46(44)67-14)27-26-59-55(65)75-52-41(8)71-47(30-57(52,10)68-15)73-50-38(5)51(74-54-49(63)45(60(11)12)28-37(4)70-54)56(9,66)29-35(2)48(58)36(3)31-61(13)32-43(72-53(64)39(50)6)34-69-33-42-22-18-17-19-23-42/h17-25,35-41,43,45,47-52,54,63,66H,16,26-34,58H2,1-15H3,(H,59,65)/t35-,36-,37-,38+,39-,40+,41+,43-,45+,47+,48+,49-,50+,51-,52+,54+,56+,57-/m1/s1. The number of nitrogens with zero attached hydrogens (tertiary/aromatic N) is 3. The zero-order valence-electron chi connectivity index (χ0n) is 47.8. The molecule has 2 aromatic carbocycles. The van der Waals surface area contributed by atoms with Crippen LogP contribution in [-0.4, -0.2) is 190 Å². The lowest BCUT2D eigenvalue weighted by atomic mass is 9.75. The fraction of sp³-hybridized carbons (Fsp3) is 0.754. The number of nitrogens with two attached hydrogens (primary N) is 1. The molecule has 18 atom stereocenters. The Morgan fingerprint density at radius 1 is 0.947 bits per heavy atom. The molecular weight excluding hydrogens is 963 g/mol. The van der Waals surface area contributed by atoms with Crippen molar-refractivity contribution in [1.29, 1.82) is 0 Å². The van der Waals surface area contributed by atoms with E-state index in [1.54, 1.807) is 35.0 Å². The number of nitrogens with one attached hydrogen (secondary N) is 1. The highest BCUT2D eigenvalue weighted by molar-refractivity contribution is 5.73. The van der Waals surface area contributed by atoms with Crippen LogP contribution in [0.1, 0.15) is 106 Å². The molecule has 18 nitrogen and oxygen atoms in total. The van der Waals surface area contributed by atoms with Gasteiger partial charge in [0.15, 0.2) is 18.7 Å². The van der Waals surface area contributed by atoms with Gasteiger partial charge in [-0.25, -0.2) is 4.79 Å². The van der Waals surface area contributed by atoms with Gasteiger partial charge in [0.2, 0.25) is 0 Å². The Morgan fingerprint density at radius 3 is 2.28 bits per heavy atom. The number of benzene rings is 2. The highest BCUT2D eigenvalue weighted by atomic mass is 16.7. The summed E-state index contributed by atoms with van der Waals surface area (Å²) < 4.78 is 57.5. The number of amides is 1. The summed E-state index contributed by atoms with van der Waals surface area (Å²) in [7, 11) is 8.99. The molecule has 0 saturated carbocycles. The van der Waals surface area contributed by atoms with Crippen LogP contribution in [0.4, 0.5) is 4.79 Å². The molecule has 3 aliphatic heterocycles. The first-order valence-corrected chi connectivity index (χ1v) is 27.2. The van der Waals surface area contributed by atoms with E-state index in [2.05, 4.69) is 35.9 Å². The molecule has 0 aliphatic carbocycles. The van der Waals surface area contributed by atoms with Crippen molar-refractivity contribution in [2.45, 2.75) is 180 Å². The number of likely N-dealkylation sites (N-methyl/N-ethyl adjacent to an activating group) is 3. The number of rotatable bonds is 18. The van der Waals surface area contributed by atoms with Crippen molar-refractivity contribution in [3.05, 3.63) is 65.7 Å². The number of cyclic esters (lactones) is 1. The van der Waals surface area contributed by atoms with E-state index in [4.69, 9.17) is 48.4 Å². The number of esters is 1. The van der Waals surface area contributed by atoms with Crippen molar-refractivity contribution < 1.29 is 62.4 Å². The summed E-state index contributed by atoms with van der Waals surface area (Å²) in [6.45, 7) is 22.2. The lowest BCUT2D eigenvalue weighted by Crippen LogP contribution is -2.61. The van der Waals surface area contributed by atoms with Gasteiger partial charge in [0.05, 0.1) is 56.3 Å². The lowest BCUT2D eigenvalue weighted by molar-refractivity contribution is -0.317. The number of para-hydroxylation sites is 1. The molecule has 1 amide bonds. The average Bonchev–Trinajstić information content (AvgIpc) is 3.36. The largest absolute Gasteiger partial charge is 0.496 e. The van der Waals surface area contributed by atoms with Crippen LogP contribution < -0.4 is 15.8 Å². The topological polar surface area (TPSA) is 205 Å². The third kappa shape index (κ3) is 16.8. The second kappa shape index (κ2) is 28.4. The summed E-state index contributed by atoms with van der Waals surface area (Å²) in [6, 6.07) is 17.1. The van der Waals surface area contributed by atoms with Crippen LogP contribution in [-0.2, 0) is 49.3 Å². The van der Waals surface area contributed by atoms with Crippen LogP contribution in [0.15, 0.2) is 54.6 Å². The zero-order valence-corrected chi connectivity index (χ0v) is 47.8. The van der Waals surface area contributed by atoms with Gasteiger partial charge in [-0.05, 0) is 106 Å². The highest BCUT2D eigenvalue weighted by Crippen LogP contribution is 2.41. The van der Waals surface area contributed by atoms with Crippen LogP contribution in [0.25, 0.3) is 0 Å². The Labute approximate surface area is 448 Å². The first kappa shape index (κ1) is 62.3. The monoisotopic (exact) mass is 1060 g/mol. The molecule has 0 aromatic heterocycles. The summed E-state index contributed by atoms with van der Waals surface area (Å²) in [6.07, 6.45) is -7.65. The quantitative estimate of drug-likeness (QED) is 0.127. The SMILES string of the molecule is CCN(CCNC(=O)O[C@H]1[C@H](C)O[C@@H](O[C@H]2[C@H](C)[C@@H](O[C@@H]3O[C@H](C)C[C@H](N(C)C)[C@H]3O)[C@@](C)(O)C[C@@H](C)[C@H](N)[C@H](C)CN(C)C[C@H](COCc3ccccc3)OC(=O)[C@@H]2C)C[C@@]1(C)OC)[C@@H](C)c1ccccc1OC. The van der Waals surface area contributed by atoms with E-state index in [1.165, 1.54) is 0 Å². The van der Waals surface area contributed by atoms with E-state index in [1.807, 2.05) is 108 Å². The second-order valence-corrected chi connectivity index (χ2v) is 22.5. The molecule has 0 radical (unpaired) electrons. The second-order valence-electron chi connectivity index (χ2n) is 22.5. The molecule has 426 valence electrons. The minimum Gasteiger partial charge on any atom is -0.496 e. The van der Waals surface area contributed by atoms with E-state index in [-0.39, 0.29) is 55.5 Å². The van der Waals surface area contributed by atoms with Gasteiger partial charge in [0, 0.05) is 69.3 Å². The smallest absolute Gasteiger partial charge is 0.407 e. The van der Waals surface area contributed by atoms with Crippen LogP contribution in [0.5, 0.6) is 5.75 Å². The average molecular weight is 1060 g/mol. The minimum absolute atomic E-state index is 0.0193. The molecule has 18 heteroatoms. The fourth-order valence-corrected chi connectivity index (χ4v) is 11.7. The number of alkyl carbamates (subject to hydrolysis) is 1. The van der Waals surface area contributed by atoms with Crippen molar-refractivity contribution in [2.75, 3.05) is 74.7 Å². The Kier molecular flexibility index (Phi) is 23.6. The van der Waals surface area contributed by atoms with Gasteiger partial charge in [0.25, 0.3) is 0 Å². The number of carbonyl (C=O) groups is 2. The number of aliphatic hydroxyl groups excluding tert-OH is 1. The third-order valence-electron chi connectivity index (χ3n) is 16.1. The molecule has 3 aliphatic rings.